The molecule has 0 amide bonds. The van der Waals surface area contributed by atoms with Crippen molar-refractivity contribution in [2.24, 2.45) is 0 Å². The maximum Gasteiger partial charge on any atom is 0.0652 e. The molecule has 0 rings (SSSR count). The lowest BCUT2D eigenvalue weighted by atomic mass is 10.0. The predicted octanol–water partition coefficient (Wildman–Crippen LogP) is 2.04. The van der Waals surface area contributed by atoms with Gasteiger partial charge < -0.3 is 9.47 Å². The molecule has 0 N–H and O–H groups in total. The molecule has 1 unspecified atom stereocenters. The summed E-state index contributed by atoms with van der Waals surface area (Å²) in [4.78, 5) is 0. The lowest BCUT2D eigenvalue weighted by Crippen LogP contribution is -2.23. The molecule has 0 aliphatic heterocycles. The Morgan fingerprint density at radius 1 is 1.45 bits per heavy atom. The summed E-state index contributed by atoms with van der Waals surface area (Å²) < 4.78 is 10.3. The topological polar surface area (TPSA) is 18.5 Å². The van der Waals surface area contributed by atoms with E-state index in [-0.39, 0.29) is 5.60 Å². The van der Waals surface area contributed by atoms with Gasteiger partial charge in [-0.1, -0.05) is 0 Å². The van der Waals surface area contributed by atoms with Gasteiger partial charge in [-0.25, -0.2) is 0 Å². The highest BCUT2D eigenvalue weighted by Gasteiger charge is 2.14. The molecule has 0 aliphatic rings. The smallest absolute Gasteiger partial charge is 0.0652 e. The zero-order valence-corrected chi connectivity index (χ0v) is 7.85. The van der Waals surface area contributed by atoms with E-state index in [0.29, 0.717) is 0 Å². The van der Waals surface area contributed by atoms with Gasteiger partial charge in [-0.2, -0.15) is 0 Å². The van der Waals surface area contributed by atoms with E-state index in [0.717, 1.165) is 26.1 Å². The third-order valence-electron chi connectivity index (χ3n) is 1.69. The van der Waals surface area contributed by atoms with Crippen LogP contribution in [0.2, 0.25) is 0 Å². The highest BCUT2D eigenvalue weighted by Crippen LogP contribution is 2.14. The molecule has 0 aromatic carbocycles. The average molecular weight is 159 g/mol. The van der Waals surface area contributed by atoms with Crippen LogP contribution in [-0.2, 0) is 9.47 Å². The molecule has 2 heteroatoms. The molecule has 1 atom stereocenters. The molecule has 11 heavy (non-hydrogen) atoms. The lowest BCUT2D eigenvalue weighted by Gasteiger charge is -2.22. The first-order valence-electron chi connectivity index (χ1n) is 4.10. The van der Waals surface area contributed by atoms with Gasteiger partial charge >= 0.3 is 0 Å². The number of hydrogen-bond donors (Lipinski definition) is 0. The van der Waals surface area contributed by atoms with Crippen LogP contribution < -0.4 is 0 Å². The molecule has 2 nitrogen and oxygen atoms in total. The minimum Gasteiger partial charge on any atom is -0.382 e. The van der Waals surface area contributed by atoms with Gasteiger partial charge in [0, 0.05) is 20.3 Å². The molecule has 1 radical (unpaired) electrons. The second-order valence-corrected chi connectivity index (χ2v) is 2.95. The van der Waals surface area contributed by atoms with Crippen LogP contribution in [0, 0.1) is 6.92 Å². The van der Waals surface area contributed by atoms with Crippen molar-refractivity contribution in [3.8, 4) is 0 Å². The highest BCUT2D eigenvalue weighted by atomic mass is 16.5. The third-order valence-corrected chi connectivity index (χ3v) is 1.69. The average Bonchev–Trinajstić information content (AvgIpc) is 1.99. The second kappa shape index (κ2) is 5.56. The van der Waals surface area contributed by atoms with Crippen LogP contribution in [0.5, 0.6) is 0 Å². The number of rotatable bonds is 6. The van der Waals surface area contributed by atoms with Gasteiger partial charge in [-0.15, -0.1) is 0 Å². The molecule has 0 saturated carbocycles. The standard InChI is InChI=1S/C9H19O2/c1-5-11-8-6-7-9(2,3)10-4/h2,5-8H2,1,3-4H3. The van der Waals surface area contributed by atoms with Crippen molar-refractivity contribution < 1.29 is 9.47 Å². The van der Waals surface area contributed by atoms with Crippen LogP contribution in [-0.4, -0.2) is 25.9 Å². The van der Waals surface area contributed by atoms with Crippen molar-refractivity contribution in [3.63, 3.8) is 0 Å². The first-order valence-corrected chi connectivity index (χ1v) is 4.10. The summed E-state index contributed by atoms with van der Waals surface area (Å²) >= 11 is 0. The maximum absolute atomic E-state index is 5.19. The van der Waals surface area contributed by atoms with Gasteiger partial charge in [0.15, 0.2) is 0 Å². The van der Waals surface area contributed by atoms with Crippen molar-refractivity contribution in [2.45, 2.75) is 32.3 Å². The van der Waals surface area contributed by atoms with E-state index in [4.69, 9.17) is 9.47 Å². The Hall–Kier alpha value is -0.0800. The van der Waals surface area contributed by atoms with Crippen molar-refractivity contribution in [1.29, 1.82) is 0 Å². The molecule has 0 bridgehead atoms. The van der Waals surface area contributed by atoms with Gasteiger partial charge in [0.2, 0.25) is 0 Å². The lowest BCUT2D eigenvalue weighted by molar-refractivity contribution is 0.0282. The van der Waals surface area contributed by atoms with E-state index < -0.39 is 0 Å². The van der Waals surface area contributed by atoms with Crippen molar-refractivity contribution >= 4 is 0 Å². The van der Waals surface area contributed by atoms with Crippen LogP contribution in [0.4, 0.5) is 0 Å². The monoisotopic (exact) mass is 159 g/mol. The van der Waals surface area contributed by atoms with Gasteiger partial charge in [0.05, 0.1) is 5.60 Å². The van der Waals surface area contributed by atoms with Crippen LogP contribution in [0.3, 0.4) is 0 Å². The molecule has 0 fully saturated rings. The quantitative estimate of drug-likeness (QED) is 0.552. The highest BCUT2D eigenvalue weighted by molar-refractivity contribution is 4.76. The Labute approximate surface area is 69.9 Å². The van der Waals surface area contributed by atoms with E-state index >= 15 is 0 Å². The Morgan fingerprint density at radius 3 is 2.55 bits per heavy atom. The fourth-order valence-electron chi connectivity index (χ4n) is 0.795. The molecule has 0 aromatic rings. The fourth-order valence-corrected chi connectivity index (χ4v) is 0.795. The second-order valence-electron chi connectivity index (χ2n) is 2.95. The molecule has 67 valence electrons. The van der Waals surface area contributed by atoms with E-state index in [9.17, 15) is 0 Å². The van der Waals surface area contributed by atoms with Crippen LogP contribution >= 0.6 is 0 Å². The van der Waals surface area contributed by atoms with Gasteiger partial charge in [0.25, 0.3) is 0 Å². The molecule has 0 aromatic heterocycles. The summed E-state index contributed by atoms with van der Waals surface area (Å²) in [6, 6.07) is 0. The molecule has 0 aliphatic carbocycles. The Bertz CT molecular complexity index is 89.6. The first-order chi connectivity index (χ1) is 5.12. The summed E-state index contributed by atoms with van der Waals surface area (Å²) in [5.74, 6) is 0. The Morgan fingerprint density at radius 2 is 2.09 bits per heavy atom. The van der Waals surface area contributed by atoms with Crippen molar-refractivity contribution in [1.82, 2.24) is 0 Å². The van der Waals surface area contributed by atoms with Crippen LogP contribution in [0.1, 0.15) is 26.7 Å². The van der Waals surface area contributed by atoms with E-state index in [2.05, 4.69) is 6.92 Å². The summed E-state index contributed by atoms with van der Waals surface area (Å²) in [7, 11) is 1.69. The predicted molar refractivity (Wildman–Crippen MR) is 46.5 cm³/mol. The SMILES string of the molecule is [CH2]C(C)(CCCOCC)OC. The normalized spacial score (nSPS) is 12.0. The summed E-state index contributed by atoms with van der Waals surface area (Å²) in [6.45, 7) is 9.50. The minimum absolute atomic E-state index is 0.239. The van der Waals surface area contributed by atoms with Crippen molar-refractivity contribution in [2.75, 3.05) is 20.3 Å². The van der Waals surface area contributed by atoms with E-state index in [1.165, 1.54) is 0 Å². The number of ether oxygens (including phenoxy) is 2. The first kappa shape index (κ1) is 10.9. The Balaban J connectivity index is 3.23. The molecule has 0 heterocycles. The minimum atomic E-state index is -0.239. The summed E-state index contributed by atoms with van der Waals surface area (Å²) in [5, 5.41) is 0. The van der Waals surface area contributed by atoms with E-state index in [1.807, 2.05) is 13.8 Å². The summed E-state index contributed by atoms with van der Waals surface area (Å²) in [5.41, 5.74) is -0.239. The molecular formula is C9H19O2. The maximum atomic E-state index is 5.19. The number of hydrogen-bond acceptors (Lipinski definition) is 2. The zero-order chi connectivity index (χ0) is 8.74. The van der Waals surface area contributed by atoms with Gasteiger partial charge in [0.1, 0.15) is 0 Å². The fraction of sp³-hybridized carbons (Fsp3) is 0.889. The van der Waals surface area contributed by atoms with Gasteiger partial charge in [-0.05, 0) is 33.6 Å². The third kappa shape index (κ3) is 6.32. The van der Waals surface area contributed by atoms with Crippen LogP contribution in [0.25, 0.3) is 0 Å². The zero-order valence-electron chi connectivity index (χ0n) is 7.85. The largest absolute Gasteiger partial charge is 0.382 e. The number of methoxy groups -OCH3 is 1. The van der Waals surface area contributed by atoms with Crippen LogP contribution in [0.15, 0.2) is 0 Å². The molecular weight excluding hydrogens is 140 g/mol. The molecule has 0 saturated heterocycles. The van der Waals surface area contributed by atoms with Crippen molar-refractivity contribution in [3.05, 3.63) is 6.92 Å². The van der Waals surface area contributed by atoms with E-state index in [1.54, 1.807) is 7.11 Å². The molecule has 0 spiro atoms. The Kier molecular flexibility index (Phi) is 5.51. The summed E-state index contributed by atoms with van der Waals surface area (Å²) in [6.07, 6.45) is 1.96. The van der Waals surface area contributed by atoms with Gasteiger partial charge in [-0.3, -0.25) is 0 Å².